The minimum absolute atomic E-state index is 0.0431. The van der Waals surface area contributed by atoms with Crippen LogP contribution in [-0.2, 0) is 16.4 Å². The van der Waals surface area contributed by atoms with E-state index >= 15 is 0 Å². The lowest BCUT2D eigenvalue weighted by molar-refractivity contribution is 0.581. The van der Waals surface area contributed by atoms with Crippen LogP contribution in [0.25, 0.3) is 0 Å². The number of halogens is 2. The van der Waals surface area contributed by atoms with Crippen LogP contribution in [0.1, 0.15) is 25.8 Å². The Bertz CT molecular complexity index is 650. The molecule has 0 aromatic heterocycles. The van der Waals surface area contributed by atoms with E-state index in [0.717, 1.165) is 10.0 Å². The van der Waals surface area contributed by atoms with Crippen molar-refractivity contribution in [1.82, 2.24) is 10.6 Å². The van der Waals surface area contributed by atoms with Gasteiger partial charge in [-0.15, -0.1) is 0 Å². The Morgan fingerprint density at radius 1 is 1.43 bits per heavy atom. The zero-order valence-corrected chi connectivity index (χ0v) is 16.0. The molecule has 0 heterocycles. The molecule has 1 aromatic carbocycles. The summed E-state index contributed by atoms with van der Waals surface area (Å²) in [7, 11) is -2.98. The second kappa shape index (κ2) is 9.22. The fourth-order valence-electron chi connectivity index (χ4n) is 1.85. The zero-order valence-electron chi connectivity index (χ0n) is 13.6. The fourth-order valence-corrected chi connectivity index (χ4v) is 3.00. The number of hydrogen-bond donors (Lipinski definition) is 2. The summed E-state index contributed by atoms with van der Waals surface area (Å²) in [6, 6.07) is 4.42. The van der Waals surface area contributed by atoms with Crippen molar-refractivity contribution in [1.29, 1.82) is 0 Å². The molecule has 0 aliphatic rings. The van der Waals surface area contributed by atoms with Crippen LogP contribution in [0.4, 0.5) is 4.39 Å². The molecular formula is C15H23BrFN3O2S. The molecule has 0 radical (unpaired) electrons. The number of rotatable bonds is 7. The van der Waals surface area contributed by atoms with E-state index in [1.165, 1.54) is 18.4 Å². The number of nitrogens with zero attached hydrogens (tertiary/aromatic N) is 1. The summed E-state index contributed by atoms with van der Waals surface area (Å²) < 4.78 is 36.5. The average molecular weight is 408 g/mol. The molecular weight excluding hydrogens is 385 g/mol. The van der Waals surface area contributed by atoms with Crippen LogP contribution in [0.3, 0.4) is 0 Å². The Labute approximate surface area is 145 Å². The van der Waals surface area contributed by atoms with Gasteiger partial charge in [-0.05, 0) is 44.0 Å². The summed E-state index contributed by atoms with van der Waals surface area (Å²) >= 11 is 3.37. The SMILES string of the molecule is CCNC(=NCc1cc(F)ccc1Br)NC(C)CCS(C)(=O)=O. The molecule has 2 N–H and O–H groups in total. The molecule has 0 bridgehead atoms. The summed E-state index contributed by atoms with van der Waals surface area (Å²) in [5, 5.41) is 6.26. The zero-order chi connectivity index (χ0) is 17.5. The molecule has 0 aliphatic carbocycles. The van der Waals surface area contributed by atoms with Crippen LogP contribution < -0.4 is 10.6 Å². The third kappa shape index (κ3) is 8.31. The quantitative estimate of drug-likeness (QED) is 0.537. The standard InChI is InChI=1S/C15H23BrFN3O2S/c1-4-18-15(20-11(2)7-8-23(3,21)22)19-10-12-9-13(17)5-6-14(12)16/h5-6,9,11H,4,7-8,10H2,1-3H3,(H2,18,19,20). The van der Waals surface area contributed by atoms with Gasteiger partial charge in [0.2, 0.25) is 0 Å². The molecule has 1 rings (SSSR count). The Morgan fingerprint density at radius 2 is 2.13 bits per heavy atom. The van der Waals surface area contributed by atoms with Gasteiger partial charge in [-0.3, -0.25) is 0 Å². The van der Waals surface area contributed by atoms with E-state index in [1.807, 2.05) is 13.8 Å². The molecule has 23 heavy (non-hydrogen) atoms. The molecule has 1 atom stereocenters. The molecule has 5 nitrogen and oxygen atoms in total. The maximum absolute atomic E-state index is 13.3. The predicted octanol–water partition coefficient (Wildman–Crippen LogP) is 2.47. The molecule has 8 heteroatoms. The minimum atomic E-state index is -2.98. The van der Waals surface area contributed by atoms with Crippen molar-refractivity contribution >= 4 is 31.7 Å². The Morgan fingerprint density at radius 3 is 2.74 bits per heavy atom. The highest BCUT2D eigenvalue weighted by atomic mass is 79.9. The van der Waals surface area contributed by atoms with Crippen LogP contribution in [-0.4, -0.2) is 39.0 Å². The second-order valence-corrected chi connectivity index (χ2v) is 8.51. The lowest BCUT2D eigenvalue weighted by atomic mass is 10.2. The van der Waals surface area contributed by atoms with E-state index in [4.69, 9.17) is 0 Å². The normalized spacial score (nSPS) is 13.7. The second-order valence-electron chi connectivity index (χ2n) is 5.39. The van der Waals surface area contributed by atoms with Gasteiger partial charge in [0.1, 0.15) is 15.7 Å². The minimum Gasteiger partial charge on any atom is -0.357 e. The fraction of sp³-hybridized carbons (Fsp3) is 0.533. The smallest absolute Gasteiger partial charge is 0.191 e. The lowest BCUT2D eigenvalue weighted by Gasteiger charge is -2.17. The van der Waals surface area contributed by atoms with Gasteiger partial charge in [0.25, 0.3) is 0 Å². The number of aliphatic imine (C=N–C) groups is 1. The summed E-state index contributed by atoms with van der Waals surface area (Å²) in [4.78, 5) is 4.42. The largest absolute Gasteiger partial charge is 0.357 e. The lowest BCUT2D eigenvalue weighted by Crippen LogP contribution is -2.42. The molecule has 0 spiro atoms. The van der Waals surface area contributed by atoms with Gasteiger partial charge in [0, 0.05) is 23.3 Å². The van der Waals surface area contributed by atoms with E-state index in [2.05, 4.69) is 31.6 Å². The number of benzene rings is 1. The van der Waals surface area contributed by atoms with Crippen LogP contribution in [0, 0.1) is 5.82 Å². The van der Waals surface area contributed by atoms with Gasteiger partial charge in [-0.25, -0.2) is 17.8 Å². The number of hydrogen-bond acceptors (Lipinski definition) is 3. The summed E-state index contributed by atoms with van der Waals surface area (Å²) in [6.45, 7) is 4.83. The maximum Gasteiger partial charge on any atom is 0.191 e. The maximum atomic E-state index is 13.3. The predicted molar refractivity (Wildman–Crippen MR) is 95.8 cm³/mol. The molecule has 0 saturated carbocycles. The van der Waals surface area contributed by atoms with E-state index in [9.17, 15) is 12.8 Å². The van der Waals surface area contributed by atoms with Crippen LogP contribution in [0.15, 0.2) is 27.7 Å². The molecule has 0 fully saturated rings. The van der Waals surface area contributed by atoms with Crippen molar-refractivity contribution in [3.63, 3.8) is 0 Å². The van der Waals surface area contributed by atoms with E-state index < -0.39 is 9.84 Å². The Hall–Kier alpha value is -1.15. The molecule has 130 valence electrons. The highest BCUT2D eigenvalue weighted by Gasteiger charge is 2.10. The van der Waals surface area contributed by atoms with E-state index in [-0.39, 0.29) is 17.6 Å². The summed E-state index contributed by atoms with van der Waals surface area (Å²) in [6.07, 6.45) is 1.72. The van der Waals surface area contributed by atoms with Crippen LogP contribution in [0.5, 0.6) is 0 Å². The van der Waals surface area contributed by atoms with Gasteiger partial charge in [0.05, 0.1) is 12.3 Å². The number of sulfone groups is 1. The third-order valence-electron chi connectivity index (χ3n) is 3.06. The van der Waals surface area contributed by atoms with Crippen LogP contribution in [0.2, 0.25) is 0 Å². The topological polar surface area (TPSA) is 70.6 Å². The van der Waals surface area contributed by atoms with E-state index in [0.29, 0.717) is 25.5 Å². The first kappa shape index (κ1) is 19.9. The van der Waals surface area contributed by atoms with Crippen LogP contribution >= 0.6 is 15.9 Å². The first-order valence-corrected chi connectivity index (χ1v) is 10.2. The van der Waals surface area contributed by atoms with Crippen molar-refractivity contribution in [3.8, 4) is 0 Å². The van der Waals surface area contributed by atoms with Crippen molar-refractivity contribution in [2.75, 3.05) is 18.6 Å². The summed E-state index contributed by atoms with van der Waals surface area (Å²) in [5.41, 5.74) is 0.742. The first-order valence-electron chi connectivity index (χ1n) is 7.37. The highest BCUT2D eigenvalue weighted by Crippen LogP contribution is 2.18. The number of nitrogens with one attached hydrogen (secondary N) is 2. The highest BCUT2D eigenvalue weighted by molar-refractivity contribution is 9.10. The molecule has 0 amide bonds. The average Bonchev–Trinajstić information content (AvgIpc) is 2.45. The van der Waals surface area contributed by atoms with Gasteiger partial charge in [0.15, 0.2) is 5.96 Å². The molecule has 0 saturated heterocycles. The van der Waals surface area contributed by atoms with Gasteiger partial charge >= 0.3 is 0 Å². The van der Waals surface area contributed by atoms with Crippen molar-refractivity contribution in [2.24, 2.45) is 4.99 Å². The van der Waals surface area contributed by atoms with Crippen molar-refractivity contribution in [2.45, 2.75) is 32.9 Å². The van der Waals surface area contributed by atoms with Crippen molar-refractivity contribution < 1.29 is 12.8 Å². The Balaban J connectivity index is 2.71. The first-order chi connectivity index (χ1) is 10.7. The van der Waals surface area contributed by atoms with E-state index in [1.54, 1.807) is 6.07 Å². The molecule has 1 unspecified atom stereocenters. The monoisotopic (exact) mass is 407 g/mol. The van der Waals surface area contributed by atoms with Gasteiger partial charge in [-0.2, -0.15) is 0 Å². The van der Waals surface area contributed by atoms with Gasteiger partial charge < -0.3 is 10.6 Å². The Kier molecular flexibility index (Phi) is 7.98. The molecule has 0 aliphatic heterocycles. The number of guanidine groups is 1. The van der Waals surface area contributed by atoms with Gasteiger partial charge in [-0.1, -0.05) is 15.9 Å². The summed E-state index contributed by atoms with van der Waals surface area (Å²) in [5.74, 6) is 0.387. The van der Waals surface area contributed by atoms with Crippen molar-refractivity contribution in [3.05, 3.63) is 34.1 Å². The molecule has 1 aromatic rings. The third-order valence-corrected chi connectivity index (χ3v) is 4.82.